The molecular formula is C25H22ClN5O. The number of nitrogens with one attached hydrogen (secondary N) is 1. The average Bonchev–Trinajstić information content (AvgIpc) is 3.65. The van der Waals surface area contributed by atoms with E-state index < -0.39 is 0 Å². The lowest BCUT2D eigenvalue weighted by atomic mass is 10.1. The number of benzene rings is 2. The minimum Gasteiger partial charge on any atom is -0.322 e. The van der Waals surface area contributed by atoms with Gasteiger partial charge in [0.15, 0.2) is 0 Å². The van der Waals surface area contributed by atoms with Crippen molar-refractivity contribution in [1.82, 2.24) is 9.88 Å². The zero-order valence-electron chi connectivity index (χ0n) is 17.4. The van der Waals surface area contributed by atoms with E-state index in [4.69, 9.17) is 10.5 Å². The molecule has 0 unspecified atom stereocenters. The van der Waals surface area contributed by atoms with Gasteiger partial charge in [0.1, 0.15) is 11.8 Å². The van der Waals surface area contributed by atoms with Crippen molar-refractivity contribution in [3.63, 3.8) is 0 Å². The van der Waals surface area contributed by atoms with Gasteiger partial charge >= 0.3 is 0 Å². The van der Waals surface area contributed by atoms with Crippen molar-refractivity contribution < 1.29 is 4.79 Å². The van der Waals surface area contributed by atoms with Crippen LogP contribution in [0.25, 0.3) is 0 Å². The van der Waals surface area contributed by atoms with Crippen LogP contribution >= 0.6 is 12.4 Å². The Hall–Kier alpha value is -3.71. The monoisotopic (exact) mass is 443 g/mol. The molecule has 1 aliphatic rings. The van der Waals surface area contributed by atoms with Crippen molar-refractivity contribution in [1.29, 1.82) is 10.5 Å². The summed E-state index contributed by atoms with van der Waals surface area (Å²) in [5, 5.41) is 20.7. The van der Waals surface area contributed by atoms with Crippen LogP contribution in [0, 0.1) is 22.7 Å². The van der Waals surface area contributed by atoms with Crippen LogP contribution < -0.4 is 5.32 Å². The van der Waals surface area contributed by atoms with Crippen molar-refractivity contribution in [2.45, 2.75) is 32.0 Å². The fourth-order valence-corrected chi connectivity index (χ4v) is 3.45. The molecule has 0 bridgehead atoms. The van der Waals surface area contributed by atoms with Gasteiger partial charge in [-0.1, -0.05) is 18.2 Å². The number of carbonyl (C=O) groups excluding carboxylic acids is 1. The molecule has 1 saturated carbocycles. The first-order valence-electron chi connectivity index (χ1n) is 10.1. The van der Waals surface area contributed by atoms with Crippen LogP contribution in [-0.2, 0) is 13.1 Å². The highest BCUT2D eigenvalue weighted by molar-refractivity contribution is 6.04. The second kappa shape index (κ2) is 10.5. The molecule has 1 amide bonds. The topological polar surface area (TPSA) is 92.8 Å². The minimum absolute atomic E-state index is 0. The molecule has 1 heterocycles. The van der Waals surface area contributed by atoms with Gasteiger partial charge in [-0.05, 0) is 66.4 Å². The molecule has 0 atom stereocenters. The second-order valence-corrected chi connectivity index (χ2v) is 7.64. The number of nitrogens with zero attached hydrogens (tertiary/aromatic N) is 4. The number of hydrogen-bond donors (Lipinski definition) is 1. The quantitative estimate of drug-likeness (QED) is 0.573. The smallest absolute Gasteiger partial charge is 0.255 e. The van der Waals surface area contributed by atoms with E-state index in [-0.39, 0.29) is 18.3 Å². The van der Waals surface area contributed by atoms with E-state index in [0.29, 0.717) is 28.6 Å². The van der Waals surface area contributed by atoms with Crippen molar-refractivity contribution in [2.24, 2.45) is 0 Å². The van der Waals surface area contributed by atoms with Gasteiger partial charge in [-0.3, -0.25) is 9.69 Å². The van der Waals surface area contributed by atoms with E-state index in [9.17, 15) is 4.79 Å². The molecule has 1 fully saturated rings. The van der Waals surface area contributed by atoms with Crippen molar-refractivity contribution in [2.75, 3.05) is 5.32 Å². The maximum absolute atomic E-state index is 12.7. The molecule has 2 aromatic carbocycles. The fourth-order valence-electron chi connectivity index (χ4n) is 3.45. The summed E-state index contributed by atoms with van der Waals surface area (Å²) in [5.41, 5.74) is 4.36. The number of amides is 1. The predicted molar refractivity (Wildman–Crippen MR) is 124 cm³/mol. The number of halogens is 1. The van der Waals surface area contributed by atoms with Gasteiger partial charge in [0, 0.05) is 36.6 Å². The summed E-state index contributed by atoms with van der Waals surface area (Å²) in [6.07, 6.45) is 4.10. The van der Waals surface area contributed by atoms with Crippen LogP contribution in [0.1, 0.15) is 45.6 Å². The Morgan fingerprint density at radius 2 is 1.75 bits per heavy atom. The first-order chi connectivity index (χ1) is 15.1. The highest BCUT2D eigenvalue weighted by Crippen LogP contribution is 2.30. The number of aromatic nitrogens is 1. The zero-order chi connectivity index (χ0) is 21.6. The molecule has 3 aromatic rings. The third-order valence-corrected chi connectivity index (χ3v) is 5.23. The predicted octanol–water partition coefficient (Wildman–Crippen LogP) is 4.66. The fraction of sp³-hybridized carbons (Fsp3) is 0.200. The first kappa shape index (κ1) is 23.0. The molecule has 0 radical (unpaired) electrons. The van der Waals surface area contributed by atoms with Crippen LogP contribution in [0.4, 0.5) is 5.69 Å². The van der Waals surface area contributed by atoms with Gasteiger partial charge in [-0.2, -0.15) is 10.5 Å². The number of hydrogen-bond acceptors (Lipinski definition) is 5. The molecule has 160 valence electrons. The zero-order valence-corrected chi connectivity index (χ0v) is 18.2. The maximum Gasteiger partial charge on any atom is 0.255 e. The summed E-state index contributed by atoms with van der Waals surface area (Å²) in [6.45, 7) is 1.49. The van der Waals surface area contributed by atoms with E-state index in [1.165, 1.54) is 12.8 Å². The van der Waals surface area contributed by atoms with E-state index in [2.05, 4.69) is 21.3 Å². The number of anilines is 1. The Morgan fingerprint density at radius 3 is 2.38 bits per heavy atom. The summed E-state index contributed by atoms with van der Waals surface area (Å²) >= 11 is 0. The number of pyridine rings is 1. The van der Waals surface area contributed by atoms with Crippen LogP contribution in [0.2, 0.25) is 0 Å². The number of nitriles is 2. The van der Waals surface area contributed by atoms with E-state index in [1.54, 1.807) is 42.6 Å². The van der Waals surface area contributed by atoms with Crippen LogP contribution in [0.3, 0.4) is 0 Å². The normalized spacial score (nSPS) is 12.3. The molecule has 0 saturated heterocycles. The molecule has 1 N–H and O–H groups in total. The molecule has 6 nitrogen and oxygen atoms in total. The van der Waals surface area contributed by atoms with Gasteiger partial charge in [0.05, 0.1) is 11.6 Å². The van der Waals surface area contributed by atoms with Gasteiger partial charge in [0.25, 0.3) is 5.91 Å². The third-order valence-electron chi connectivity index (χ3n) is 5.23. The Balaban J connectivity index is 0.00000289. The Morgan fingerprint density at radius 1 is 1.00 bits per heavy atom. The van der Waals surface area contributed by atoms with Gasteiger partial charge < -0.3 is 5.32 Å². The summed E-state index contributed by atoms with van der Waals surface area (Å²) in [6, 6.07) is 22.8. The summed E-state index contributed by atoms with van der Waals surface area (Å²) in [4.78, 5) is 19.2. The molecule has 1 aromatic heterocycles. The van der Waals surface area contributed by atoms with Crippen molar-refractivity contribution >= 4 is 24.0 Å². The van der Waals surface area contributed by atoms with Gasteiger partial charge in [-0.25, -0.2) is 4.98 Å². The molecule has 0 aliphatic heterocycles. The Bertz CT molecular complexity index is 1160. The second-order valence-electron chi connectivity index (χ2n) is 7.64. The lowest BCUT2D eigenvalue weighted by Crippen LogP contribution is -2.25. The van der Waals surface area contributed by atoms with Crippen molar-refractivity contribution in [3.05, 3.63) is 94.8 Å². The highest BCUT2D eigenvalue weighted by atomic mass is 35.5. The summed E-state index contributed by atoms with van der Waals surface area (Å²) in [7, 11) is 0. The number of rotatable bonds is 7. The Kier molecular flexibility index (Phi) is 7.57. The lowest BCUT2D eigenvalue weighted by Gasteiger charge is -2.22. The average molecular weight is 444 g/mol. The van der Waals surface area contributed by atoms with Crippen LogP contribution in [-0.4, -0.2) is 21.8 Å². The Labute approximate surface area is 193 Å². The van der Waals surface area contributed by atoms with E-state index in [0.717, 1.165) is 24.2 Å². The van der Waals surface area contributed by atoms with Crippen molar-refractivity contribution in [3.8, 4) is 12.1 Å². The lowest BCUT2D eigenvalue weighted by molar-refractivity contribution is 0.102. The van der Waals surface area contributed by atoms with Gasteiger partial charge in [-0.15, -0.1) is 12.4 Å². The summed E-state index contributed by atoms with van der Waals surface area (Å²) < 4.78 is 0. The van der Waals surface area contributed by atoms with Gasteiger partial charge in [0.2, 0.25) is 0 Å². The molecule has 7 heteroatoms. The van der Waals surface area contributed by atoms with Crippen LogP contribution in [0.5, 0.6) is 0 Å². The maximum atomic E-state index is 12.7. The largest absolute Gasteiger partial charge is 0.322 e. The van der Waals surface area contributed by atoms with E-state index in [1.807, 2.05) is 30.3 Å². The third kappa shape index (κ3) is 5.92. The SMILES string of the molecule is Cl.N#Cc1ccc(NC(=O)c2cccc(CN(Cc3ccc(C#N)nc3)C3CC3)c2)cc1. The molecule has 4 rings (SSSR count). The molecular weight excluding hydrogens is 422 g/mol. The summed E-state index contributed by atoms with van der Waals surface area (Å²) in [5.74, 6) is -0.180. The van der Waals surface area contributed by atoms with Crippen LogP contribution in [0.15, 0.2) is 66.9 Å². The van der Waals surface area contributed by atoms with E-state index >= 15 is 0 Å². The molecule has 1 aliphatic carbocycles. The standard InChI is InChI=1S/C25H21N5O.ClH/c26-13-18-4-7-22(8-5-18)29-25(31)21-3-1-2-19(12-21)16-30(24-10-11-24)17-20-6-9-23(14-27)28-15-20;/h1-9,12,15,24H,10-11,16-17H2,(H,29,31);1H. The molecule has 32 heavy (non-hydrogen) atoms. The highest BCUT2D eigenvalue weighted by Gasteiger charge is 2.29. The molecule has 0 spiro atoms. The minimum atomic E-state index is -0.180. The number of carbonyl (C=O) groups is 1. The first-order valence-corrected chi connectivity index (χ1v) is 10.1.